The number of pyridine rings is 2. The fourth-order valence-corrected chi connectivity index (χ4v) is 1.73. The van der Waals surface area contributed by atoms with E-state index in [0.29, 0.717) is 5.88 Å². The first-order chi connectivity index (χ1) is 7.81. The Kier molecular flexibility index (Phi) is 3.51. The van der Waals surface area contributed by atoms with Gasteiger partial charge in [-0.3, -0.25) is 4.98 Å². The van der Waals surface area contributed by atoms with Crippen molar-refractivity contribution >= 4 is 15.9 Å². The van der Waals surface area contributed by atoms with Crippen LogP contribution in [0.5, 0.6) is 11.6 Å². The number of aryl methyl sites for hydroxylation is 1. The van der Waals surface area contributed by atoms with E-state index in [1.165, 1.54) is 0 Å². The van der Waals surface area contributed by atoms with Gasteiger partial charge in [-0.25, -0.2) is 4.98 Å². The van der Waals surface area contributed by atoms with E-state index in [4.69, 9.17) is 4.74 Å². The number of nitrogens with zero attached hydrogens (tertiary/aromatic N) is 2. The minimum atomic E-state index is 0.621. The second kappa shape index (κ2) is 5.07. The molecule has 0 bridgehead atoms. The third-order valence-electron chi connectivity index (χ3n) is 2.16. The molecule has 0 atom stereocenters. The van der Waals surface area contributed by atoms with E-state index in [9.17, 15) is 0 Å². The highest BCUT2D eigenvalue weighted by Crippen LogP contribution is 2.25. The van der Waals surface area contributed by atoms with Crippen molar-refractivity contribution in [2.24, 2.45) is 0 Å². The zero-order valence-corrected chi connectivity index (χ0v) is 10.4. The van der Waals surface area contributed by atoms with Gasteiger partial charge in [0, 0.05) is 23.3 Å². The Hall–Kier alpha value is -1.42. The highest BCUT2D eigenvalue weighted by atomic mass is 79.9. The Morgan fingerprint density at radius 1 is 1.19 bits per heavy atom. The molecule has 0 aliphatic carbocycles. The summed E-state index contributed by atoms with van der Waals surface area (Å²) >= 11 is 3.40. The summed E-state index contributed by atoms with van der Waals surface area (Å²) in [6.07, 6.45) is 3.46. The van der Waals surface area contributed by atoms with Gasteiger partial charge in [-0.1, -0.05) is 22.0 Å². The van der Waals surface area contributed by atoms with E-state index < -0.39 is 0 Å². The van der Waals surface area contributed by atoms with Crippen LogP contribution in [0.4, 0.5) is 0 Å². The molecule has 2 heterocycles. The maximum atomic E-state index is 5.73. The van der Waals surface area contributed by atoms with Crippen LogP contribution in [0.25, 0.3) is 0 Å². The zero-order chi connectivity index (χ0) is 11.4. The van der Waals surface area contributed by atoms with Crippen LogP contribution >= 0.6 is 15.9 Å². The highest BCUT2D eigenvalue weighted by molar-refractivity contribution is 9.08. The van der Waals surface area contributed by atoms with E-state index in [1.807, 2.05) is 31.2 Å². The van der Waals surface area contributed by atoms with Crippen LogP contribution in [0.15, 0.2) is 36.7 Å². The molecule has 0 fully saturated rings. The van der Waals surface area contributed by atoms with Crippen molar-refractivity contribution in [1.29, 1.82) is 0 Å². The van der Waals surface area contributed by atoms with Gasteiger partial charge in [-0.2, -0.15) is 0 Å². The number of hydrogen-bond donors (Lipinski definition) is 0. The molecular formula is C12H11BrN2O. The smallest absolute Gasteiger partial charge is 0.223 e. The lowest BCUT2D eigenvalue weighted by atomic mass is 10.3. The number of alkyl halides is 1. The Morgan fingerprint density at radius 2 is 1.94 bits per heavy atom. The first-order valence-corrected chi connectivity index (χ1v) is 6.02. The van der Waals surface area contributed by atoms with Crippen LogP contribution in [0.1, 0.15) is 11.3 Å². The SMILES string of the molecule is Cc1ncccc1Oc1ncccc1CBr. The van der Waals surface area contributed by atoms with Crippen molar-refractivity contribution in [3.63, 3.8) is 0 Å². The van der Waals surface area contributed by atoms with E-state index in [2.05, 4.69) is 25.9 Å². The third-order valence-corrected chi connectivity index (χ3v) is 2.76. The molecular weight excluding hydrogens is 268 g/mol. The van der Waals surface area contributed by atoms with Gasteiger partial charge in [0.1, 0.15) is 0 Å². The summed E-state index contributed by atoms with van der Waals surface area (Å²) in [6.45, 7) is 1.91. The molecule has 0 N–H and O–H groups in total. The molecule has 2 aromatic rings. The second-order valence-electron chi connectivity index (χ2n) is 3.29. The van der Waals surface area contributed by atoms with Crippen molar-refractivity contribution in [1.82, 2.24) is 9.97 Å². The summed E-state index contributed by atoms with van der Waals surface area (Å²) in [4.78, 5) is 8.37. The molecule has 0 radical (unpaired) electrons. The minimum absolute atomic E-state index is 0.621. The number of aromatic nitrogens is 2. The van der Waals surface area contributed by atoms with Crippen molar-refractivity contribution in [2.75, 3.05) is 0 Å². The molecule has 0 unspecified atom stereocenters. The molecule has 3 nitrogen and oxygen atoms in total. The third kappa shape index (κ3) is 2.39. The predicted molar refractivity (Wildman–Crippen MR) is 65.9 cm³/mol. The van der Waals surface area contributed by atoms with Crippen LogP contribution < -0.4 is 4.74 Å². The van der Waals surface area contributed by atoms with Crippen LogP contribution in [-0.4, -0.2) is 9.97 Å². The Labute approximate surface area is 103 Å². The monoisotopic (exact) mass is 278 g/mol. The first kappa shape index (κ1) is 11.1. The van der Waals surface area contributed by atoms with Crippen LogP contribution in [0.2, 0.25) is 0 Å². The average molecular weight is 279 g/mol. The van der Waals surface area contributed by atoms with Crippen LogP contribution in [0, 0.1) is 6.92 Å². The molecule has 16 heavy (non-hydrogen) atoms. The normalized spacial score (nSPS) is 10.1. The standard InChI is InChI=1S/C12H11BrN2O/c1-9-11(5-3-6-14-9)16-12-10(8-13)4-2-7-15-12/h2-7H,8H2,1H3. The summed E-state index contributed by atoms with van der Waals surface area (Å²) in [5.74, 6) is 1.36. The first-order valence-electron chi connectivity index (χ1n) is 4.90. The molecule has 0 aromatic carbocycles. The molecule has 0 amide bonds. The summed E-state index contributed by atoms with van der Waals surface area (Å²) in [5.41, 5.74) is 1.87. The molecule has 2 aromatic heterocycles. The molecule has 0 aliphatic heterocycles. The predicted octanol–water partition coefficient (Wildman–Crippen LogP) is 3.47. The number of rotatable bonds is 3. The summed E-state index contributed by atoms with van der Waals surface area (Å²) in [7, 11) is 0. The molecule has 0 saturated carbocycles. The molecule has 4 heteroatoms. The Morgan fingerprint density at radius 3 is 2.69 bits per heavy atom. The number of halogens is 1. The van der Waals surface area contributed by atoms with E-state index >= 15 is 0 Å². The van der Waals surface area contributed by atoms with Gasteiger partial charge < -0.3 is 4.74 Å². The van der Waals surface area contributed by atoms with Gasteiger partial charge in [0.05, 0.1) is 5.69 Å². The van der Waals surface area contributed by atoms with Gasteiger partial charge in [0.25, 0.3) is 0 Å². The van der Waals surface area contributed by atoms with Gasteiger partial charge in [0.15, 0.2) is 5.75 Å². The minimum Gasteiger partial charge on any atom is -0.437 e. The Bertz CT molecular complexity index is 488. The lowest BCUT2D eigenvalue weighted by molar-refractivity contribution is 0.452. The van der Waals surface area contributed by atoms with Gasteiger partial charge >= 0.3 is 0 Å². The van der Waals surface area contributed by atoms with E-state index in [0.717, 1.165) is 22.3 Å². The number of ether oxygens (including phenoxy) is 1. The second-order valence-corrected chi connectivity index (χ2v) is 3.85. The number of hydrogen-bond acceptors (Lipinski definition) is 3. The highest BCUT2D eigenvalue weighted by Gasteiger charge is 2.06. The summed E-state index contributed by atoms with van der Waals surface area (Å²) < 4.78 is 5.73. The van der Waals surface area contributed by atoms with E-state index in [1.54, 1.807) is 12.4 Å². The van der Waals surface area contributed by atoms with Crippen molar-refractivity contribution < 1.29 is 4.74 Å². The van der Waals surface area contributed by atoms with Crippen molar-refractivity contribution in [2.45, 2.75) is 12.3 Å². The lowest BCUT2D eigenvalue weighted by Gasteiger charge is -2.09. The van der Waals surface area contributed by atoms with Crippen molar-refractivity contribution in [3.05, 3.63) is 47.9 Å². The average Bonchev–Trinajstić information content (AvgIpc) is 2.33. The fraction of sp³-hybridized carbons (Fsp3) is 0.167. The van der Waals surface area contributed by atoms with E-state index in [-0.39, 0.29) is 0 Å². The molecule has 0 aliphatic rings. The zero-order valence-electron chi connectivity index (χ0n) is 8.85. The summed E-state index contributed by atoms with van der Waals surface area (Å²) in [5, 5.41) is 0.718. The Balaban J connectivity index is 2.30. The maximum Gasteiger partial charge on any atom is 0.223 e. The lowest BCUT2D eigenvalue weighted by Crippen LogP contribution is -1.94. The quantitative estimate of drug-likeness (QED) is 0.807. The molecule has 82 valence electrons. The van der Waals surface area contributed by atoms with Crippen LogP contribution in [-0.2, 0) is 5.33 Å². The van der Waals surface area contributed by atoms with Gasteiger partial charge in [-0.05, 0) is 25.1 Å². The molecule has 0 spiro atoms. The van der Waals surface area contributed by atoms with Gasteiger partial charge in [-0.15, -0.1) is 0 Å². The van der Waals surface area contributed by atoms with Crippen molar-refractivity contribution in [3.8, 4) is 11.6 Å². The van der Waals surface area contributed by atoms with Gasteiger partial charge in [0.2, 0.25) is 5.88 Å². The largest absolute Gasteiger partial charge is 0.437 e. The molecule has 0 saturated heterocycles. The maximum absolute atomic E-state index is 5.73. The molecule has 2 rings (SSSR count). The van der Waals surface area contributed by atoms with Crippen LogP contribution in [0.3, 0.4) is 0 Å². The fourth-order valence-electron chi connectivity index (χ4n) is 1.30. The summed E-state index contributed by atoms with van der Waals surface area (Å²) in [6, 6.07) is 7.59. The topological polar surface area (TPSA) is 35.0 Å².